The van der Waals surface area contributed by atoms with E-state index in [0.717, 1.165) is 22.7 Å². The first-order chi connectivity index (χ1) is 8.90. The Bertz CT molecular complexity index is 575. The van der Waals surface area contributed by atoms with E-state index >= 15 is 0 Å². The van der Waals surface area contributed by atoms with E-state index in [1.807, 2.05) is 0 Å². The number of amides is 2. The fourth-order valence-electron chi connectivity index (χ4n) is 1.72. The highest BCUT2D eigenvalue weighted by Gasteiger charge is 2.36. The summed E-state index contributed by atoms with van der Waals surface area (Å²) in [6.07, 6.45) is 0.0692. The molecule has 1 aromatic rings. The molecule has 1 unspecified atom stereocenters. The van der Waals surface area contributed by atoms with Crippen LogP contribution in [0.4, 0.5) is 4.39 Å². The highest BCUT2D eigenvalue weighted by atomic mass is 32.2. The van der Waals surface area contributed by atoms with Crippen molar-refractivity contribution >= 4 is 29.5 Å². The van der Waals surface area contributed by atoms with E-state index in [1.54, 1.807) is 0 Å². The van der Waals surface area contributed by atoms with Crippen molar-refractivity contribution in [2.24, 2.45) is 0 Å². The molecule has 1 fully saturated rings. The van der Waals surface area contributed by atoms with Gasteiger partial charge in [-0.25, -0.2) is 9.18 Å². The average molecular weight is 283 g/mol. The average Bonchev–Trinajstić information content (AvgIpc) is 2.59. The fraction of sp³-hybridized carbons (Fsp3) is 0.250. The van der Waals surface area contributed by atoms with Gasteiger partial charge in [-0.15, -0.1) is 11.8 Å². The lowest BCUT2D eigenvalue weighted by molar-refractivity contribution is -0.136. The van der Waals surface area contributed by atoms with Crippen LogP contribution in [-0.2, 0) is 9.59 Å². The molecule has 0 bridgehead atoms. The number of thioether (sulfide) groups is 1. The van der Waals surface area contributed by atoms with E-state index in [1.165, 1.54) is 19.2 Å². The lowest BCUT2D eigenvalue weighted by Gasteiger charge is -2.09. The van der Waals surface area contributed by atoms with E-state index in [4.69, 9.17) is 5.11 Å². The number of benzene rings is 1. The molecule has 19 heavy (non-hydrogen) atoms. The predicted molar refractivity (Wildman–Crippen MR) is 65.4 cm³/mol. The Balaban J connectivity index is 2.21. The second-order valence-electron chi connectivity index (χ2n) is 4.05. The molecule has 1 aromatic carbocycles. The molecule has 0 spiro atoms. The molecule has 0 saturated carbocycles. The highest BCUT2D eigenvalue weighted by Crippen LogP contribution is 2.31. The number of imide groups is 1. The lowest BCUT2D eigenvalue weighted by Crippen LogP contribution is -2.26. The molecule has 1 atom stereocenters. The second-order valence-corrected chi connectivity index (χ2v) is 5.32. The van der Waals surface area contributed by atoms with Crippen LogP contribution in [0.25, 0.3) is 0 Å². The third-order valence-electron chi connectivity index (χ3n) is 2.79. The first-order valence-corrected chi connectivity index (χ1v) is 6.28. The molecule has 1 aliphatic rings. The number of rotatable bonds is 3. The van der Waals surface area contributed by atoms with Crippen molar-refractivity contribution in [2.75, 3.05) is 7.05 Å². The number of nitrogens with zero attached hydrogens (tertiary/aromatic N) is 1. The largest absolute Gasteiger partial charge is 0.478 e. The number of likely N-dealkylation sites (tertiary alicyclic amines) is 1. The third-order valence-corrected chi connectivity index (χ3v) is 3.97. The van der Waals surface area contributed by atoms with E-state index in [-0.39, 0.29) is 18.2 Å². The zero-order valence-corrected chi connectivity index (χ0v) is 10.7. The van der Waals surface area contributed by atoms with Crippen LogP contribution in [0.15, 0.2) is 23.1 Å². The SMILES string of the molecule is CN1C(=O)CC(Sc2ccc(F)c(C(=O)O)c2)C1=O. The quantitative estimate of drug-likeness (QED) is 0.848. The number of hydrogen-bond acceptors (Lipinski definition) is 4. The number of carboxylic acid groups (broad SMARTS) is 1. The van der Waals surface area contributed by atoms with Gasteiger partial charge in [-0.05, 0) is 18.2 Å². The summed E-state index contributed by atoms with van der Waals surface area (Å²) in [5, 5.41) is 8.23. The smallest absolute Gasteiger partial charge is 0.338 e. The molecule has 1 N–H and O–H groups in total. The highest BCUT2D eigenvalue weighted by molar-refractivity contribution is 8.00. The summed E-state index contributed by atoms with van der Waals surface area (Å²) in [6.45, 7) is 0. The van der Waals surface area contributed by atoms with Crippen LogP contribution in [0.2, 0.25) is 0 Å². The number of aromatic carboxylic acids is 1. The topological polar surface area (TPSA) is 74.7 Å². The lowest BCUT2D eigenvalue weighted by atomic mass is 10.2. The Morgan fingerprint density at radius 1 is 1.47 bits per heavy atom. The van der Waals surface area contributed by atoms with Gasteiger partial charge in [0.05, 0.1) is 10.8 Å². The Hall–Kier alpha value is -1.89. The summed E-state index contributed by atoms with van der Waals surface area (Å²) in [4.78, 5) is 35.3. The van der Waals surface area contributed by atoms with Crippen LogP contribution in [0.1, 0.15) is 16.8 Å². The third kappa shape index (κ3) is 2.60. The Morgan fingerprint density at radius 3 is 2.68 bits per heavy atom. The molecule has 7 heteroatoms. The molecule has 1 saturated heterocycles. The summed E-state index contributed by atoms with van der Waals surface area (Å²) in [7, 11) is 1.40. The normalized spacial score (nSPS) is 19.1. The maximum absolute atomic E-state index is 13.2. The molecule has 1 heterocycles. The minimum Gasteiger partial charge on any atom is -0.478 e. The van der Waals surface area contributed by atoms with Crippen molar-refractivity contribution in [2.45, 2.75) is 16.6 Å². The molecular weight excluding hydrogens is 273 g/mol. The minimum absolute atomic E-state index is 0.0692. The number of carbonyl (C=O) groups excluding carboxylic acids is 2. The first-order valence-electron chi connectivity index (χ1n) is 5.40. The Morgan fingerprint density at radius 2 is 2.16 bits per heavy atom. The van der Waals surface area contributed by atoms with Gasteiger partial charge in [0.1, 0.15) is 5.82 Å². The summed E-state index contributed by atoms with van der Waals surface area (Å²) in [5.41, 5.74) is -0.449. The van der Waals surface area contributed by atoms with Crippen molar-refractivity contribution in [3.63, 3.8) is 0 Å². The summed E-state index contributed by atoms with van der Waals surface area (Å²) < 4.78 is 13.2. The maximum Gasteiger partial charge on any atom is 0.338 e. The van der Waals surface area contributed by atoms with Crippen LogP contribution >= 0.6 is 11.8 Å². The fourth-order valence-corrected chi connectivity index (χ4v) is 2.87. The van der Waals surface area contributed by atoms with Gasteiger partial charge in [0.25, 0.3) is 0 Å². The Kier molecular flexibility index (Phi) is 3.57. The van der Waals surface area contributed by atoms with Gasteiger partial charge in [-0.1, -0.05) is 0 Å². The van der Waals surface area contributed by atoms with E-state index in [0.29, 0.717) is 4.90 Å². The van der Waals surface area contributed by atoms with Gasteiger partial charge in [0.2, 0.25) is 11.8 Å². The number of carboxylic acids is 1. The van der Waals surface area contributed by atoms with Crippen molar-refractivity contribution in [1.29, 1.82) is 0 Å². The summed E-state index contributed by atoms with van der Waals surface area (Å²) in [5.74, 6) is -2.80. The molecule has 2 rings (SSSR count). The van der Waals surface area contributed by atoms with Crippen molar-refractivity contribution < 1.29 is 23.9 Å². The van der Waals surface area contributed by atoms with Gasteiger partial charge in [-0.2, -0.15) is 0 Å². The van der Waals surface area contributed by atoms with Crippen LogP contribution in [0, 0.1) is 5.82 Å². The van der Waals surface area contributed by atoms with Gasteiger partial charge in [0.15, 0.2) is 0 Å². The summed E-state index contributed by atoms with van der Waals surface area (Å²) >= 11 is 1.07. The molecule has 5 nitrogen and oxygen atoms in total. The van der Waals surface area contributed by atoms with Crippen LogP contribution in [-0.4, -0.2) is 40.1 Å². The first kappa shape index (κ1) is 13.5. The monoisotopic (exact) mass is 283 g/mol. The van der Waals surface area contributed by atoms with Gasteiger partial charge in [-0.3, -0.25) is 14.5 Å². The van der Waals surface area contributed by atoms with Gasteiger partial charge >= 0.3 is 5.97 Å². The molecule has 2 amide bonds. The zero-order chi connectivity index (χ0) is 14.2. The zero-order valence-electron chi connectivity index (χ0n) is 9.92. The van der Waals surface area contributed by atoms with Crippen LogP contribution < -0.4 is 0 Å². The molecular formula is C12H10FNO4S. The Labute approximate surface area is 112 Å². The van der Waals surface area contributed by atoms with Crippen molar-refractivity contribution in [3.8, 4) is 0 Å². The summed E-state index contributed by atoms with van der Waals surface area (Å²) in [6, 6.07) is 3.59. The minimum atomic E-state index is -1.37. The van der Waals surface area contributed by atoms with Crippen molar-refractivity contribution in [3.05, 3.63) is 29.6 Å². The van der Waals surface area contributed by atoms with E-state index in [2.05, 4.69) is 0 Å². The van der Waals surface area contributed by atoms with E-state index in [9.17, 15) is 18.8 Å². The second kappa shape index (κ2) is 5.00. The molecule has 0 aromatic heterocycles. The maximum atomic E-state index is 13.2. The molecule has 0 radical (unpaired) electrons. The predicted octanol–water partition coefficient (Wildman–Crippen LogP) is 1.37. The number of carbonyl (C=O) groups is 3. The van der Waals surface area contributed by atoms with Crippen LogP contribution in [0.5, 0.6) is 0 Å². The van der Waals surface area contributed by atoms with Crippen LogP contribution in [0.3, 0.4) is 0 Å². The van der Waals surface area contributed by atoms with E-state index < -0.39 is 22.6 Å². The van der Waals surface area contributed by atoms with Gasteiger partial charge < -0.3 is 5.11 Å². The van der Waals surface area contributed by atoms with Crippen molar-refractivity contribution in [1.82, 2.24) is 4.90 Å². The van der Waals surface area contributed by atoms with Gasteiger partial charge in [0, 0.05) is 18.4 Å². The molecule has 0 aliphatic carbocycles. The number of hydrogen-bond donors (Lipinski definition) is 1. The number of halogens is 1. The molecule has 100 valence electrons. The molecule has 1 aliphatic heterocycles. The standard InChI is InChI=1S/C12H10FNO4S/c1-14-10(15)5-9(11(14)16)19-6-2-3-8(13)7(4-6)12(17)18/h2-4,9H,5H2,1H3,(H,17,18).